The van der Waals surface area contributed by atoms with E-state index in [-0.39, 0.29) is 12.8 Å². The number of aliphatic hydroxyl groups is 1. The number of hydrogen-bond donors (Lipinski definition) is 1. The molecule has 222 valence electrons. The maximum Gasteiger partial charge on any atom is 0.204 e. The van der Waals surface area contributed by atoms with Crippen LogP contribution in [0.5, 0.6) is 17.2 Å². The van der Waals surface area contributed by atoms with Crippen molar-refractivity contribution < 1.29 is 45.7 Å². The Bertz CT molecular complexity index is 1310. The first-order chi connectivity index (χ1) is 19.6. The van der Waals surface area contributed by atoms with Crippen LogP contribution in [0, 0.1) is 40.8 Å². The van der Waals surface area contributed by atoms with E-state index in [4.69, 9.17) is 4.74 Å². The molecule has 1 aliphatic rings. The summed E-state index contributed by atoms with van der Waals surface area (Å²) in [6.07, 6.45) is 1.04. The van der Waals surface area contributed by atoms with Crippen LogP contribution in [-0.4, -0.2) is 43.9 Å². The van der Waals surface area contributed by atoms with E-state index >= 15 is 8.78 Å². The van der Waals surface area contributed by atoms with Gasteiger partial charge in [-0.2, -0.15) is 8.78 Å². The fourth-order valence-corrected chi connectivity index (χ4v) is 5.35. The van der Waals surface area contributed by atoms with Gasteiger partial charge in [-0.25, -0.2) is 17.6 Å². The topological polar surface area (TPSA) is 51.2 Å². The molecule has 1 fully saturated rings. The molecule has 3 aromatic rings. The van der Waals surface area contributed by atoms with Gasteiger partial charge in [0.25, 0.3) is 0 Å². The second-order valence-electron chi connectivity index (χ2n) is 9.94. The highest BCUT2D eigenvalue weighted by Crippen LogP contribution is 2.47. The monoisotopic (exact) mass is 583 g/mol. The molecule has 0 aliphatic carbocycles. The number of piperidine rings is 1. The second-order valence-corrected chi connectivity index (χ2v) is 9.94. The fraction of sp³-hybridized carbons (Fsp3) is 0.400. The minimum Gasteiger partial charge on any atom is -0.494 e. The number of hydrogen-bond acceptors (Lipinski definition) is 5. The van der Waals surface area contributed by atoms with Gasteiger partial charge in [0.1, 0.15) is 11.4 Å². The van der Waals surface area contributed by atoms with Crippen molar-refractivity contribution in [3.63, 3.8) is 0 Å². The Balaban J connectivity index is 1.69. The molecule has 0 atom stereocenters. The summed E-state index contributed by atoms with van der Waals surface area (Å²) < 4.78 is 105. The quantitative estimate of drug-likeness (QED) is 0.219. The van der Waals surface area contributed by atoms with E-state index in [1.54, 1.807) is 0 Å². The zero-order valence-electron chi connectivity index (χ0n) is 22.9. The highest BCUT2D eigenvalue weighted by molar-refractivity contribution is 5.46. The smallest absolute Gasteiger partial charge is 0.204 e. The van der Waals surface area contributed by atoms with Crippen LogP contribution >= 0.6 is 0 Å². The van der Waals surface area contributed by atoms with Crippen LogP contribution < -0.4 is 14.2 Å². The SMILES string of the molecule is CCCOc1ccc(CN2CCC(C(O)(c3cc(F)c(OC)c(F)c3F)c3cc(F)c(OC)c(F)c3F)CC2)cc1. The molecular weight excluding hydrogens is 552 g/mol. The number of halogens is 6. The van der Waals surface area contributed by atoms with E-state index in [2.05, 4.69) is 9.47 Å². The minimum absolute atomic E-state index is 0.0810. The lowest BCUT2D eigenvalue weighted by atomic mass is 9.71. The molecule has 11 heteroatoms. The van der Waals surface area contributed by atoms with E-state index in [9.17, 15) is 22.7 Å². The summed E-state index contributed by atoms with van der Waals surface area (Å²) in [7, 11) is 1.84. The first-order valence-corrected chi connectivity index (χ1v) is 13.2. The predicted molar refractivity (Wildman–Crippen MR) is 139 cm³/mol. The number of rotatable bonds is 10. The maximum absolute atomic E-state index is 15.4. The van der Waals surface area contributed by atoms with Gasteiger partial charge in [0.15, 0.2) is 34.8 Å². The highest BCUT2D eigenvalue weighted by Gasteiger charge is 2.48. The van der Waals surface area contributed by atoms with Gasteiger partial charge in [0.05, 0.1) is 20.8 Å². The summed E-state index contributed by atoms with van der Waals surface area (Å²) in [5, 5.41) is 12.0. The van der Waals surface area contributed by atoms with Crippen LogP contribution in [0.4, 0.5) is 26.3 Å². The van der Waals surface area contributed by atoms with Crippen molar-refractivity contribution in [2.24, 2.45) is 5.92 Å². The van der Waals surface area contributed by atoms with E-state index in [1.807, 2.05) is 36.1 Å². The normalized spacial score (nSPS) is 14.8. The lowest BCUT2D eigenvalue weighted by Crippen LogP contribution is -2.45. The number of likely N-dealkylation sites (tertiary alicyclic amines) is 1. The molecule has 0 unspecified atom stereocenters. The molecule has 0 saturated carbocycles. The van der Waals surface area contributed by atoms with Crippen molar-refractivity contribution in [3.8, 4) is 17.2 Å². The Kier molecular flexibility index (Phi) is 9.38. The summed E-state index contributed by atoms with van der Waals surface area (Å²) in [5.41, 5.74) is -3.88. The Morgan fingerprint density at radius 2 is 1.29 bits per heavy atom. The molecule has 0 aromatic heterocycles. The second kappa shape index (κ2) is 12.6. The molecule has 0 bridgehead atoms. The van der Waals surface area contributed by atoms with Crippen LogP contribution in [0.15, 0.2) is 36.4 Å². The van der Waals surface area contributed by atoms with Crippen molar-refractivity contribution in [2.75, 3.05) is 33.9 Å². The molecule has 41 heavy (non-hydrogen) atoms. The van der Waals surface area contributed by atoms with Crippen molar-refractivity contribution in [1.29, 1.82) is 0 Å². The van der Waals surface area contributed by atoms with Gasteiger partial charge >= 0.3 is 0 Å². The molecule has 3 aromatic carbocycles. The molecule has 5 nitrogen and oxygen atoms in total. The lowest BCUT2D eigenvalue weighted by molar-refractivity contribution is -0.0218. The first-order valence-electron chi connectivity index (χ1n) is 13.2. The van der Waals surface area contributed by atoms with Crippen LogP contribution in [-0.2, 0) is 12.1 Å². The van der Waals surface area contributed by atoms with Crippen molar-refractivity contribution in [1.82, 2.24) is 4.90 Å². The third-order valence-electron chi connectivity index (χ3n) is 7.44. The average molecular weight is 584 g/mol. The number of ether oxygens (including phenoxy) is 3. The summed E-state index contributed by atoms with van der Waals surface area (Å²) in [4.78, 5) is 2.02. The third-order valence-corrected chi connectivity index (χ3v) is 7.44. The molecule has 1 N–H and O–H groups in total. The molecule has 1 saturated heterocycles. The van der Waals surface area contributed by atoms with Gasteiger partial charge in [-0.05, 0) is 68.1 Å². The summed E-state index contributed by atoms with van der Waals surface area (Å²) >= 11 is 0. The molecule has 0 radical (unpaired) electrons. The lowest BCUT2D eigenvalue weighted by Gasteiger charge is -2.42. The largest absolute Gasteiger partial charge is 0.494 e. The summed E-state index contributed by atoms with van der Waals surface area (Å²) in [6, 6.07) is 8.44. The Hall–Kier alpha value is -3.44. The number of nitrogens with zero attached hydrogens (tertiary/aromatic N) is 1. The van der Waals surface area contributed by atoms with Crippen LogP contribution in [0.2, 0.25) is 0 Å². The molecule has 0 spiro atoms. The Morgan fingerprint density at radius 3 is 1.73 bits per heavy atom. The van der Waals surface area contributed by atoms with Crippen molar-refractivity contribution >= 4 is 0 Å². The third kappa shape index (κ3) is 5.83. The number of benzene rings is 3. The van der Waals surface area contributed by atoms with E-state index in [0.717, 1.165) is 32.0 Å². The van der Waals surface area contributed by atoms with Crippen LogP contribution in [0.3, 0.4) is 0 Å². The van der Waals surface area contributed by atoms with E-state index < -0.39 is 69.0 Å². The van der Waals surface area contributed by atoms with Crippen molar-refractivity contribution in [3.05, 3.63) is 88.0 Å². The molecule has 1 heterocycles. The molecular formula is C30H31F6NO4. The summed E-state index contributed by atoms with van der Waals surface area (Å²) in [5.74, 6) is -12.2. The van der Waals surface area contributed by atoms with Gasteiger partial charge in [-0.3, -0.25) is 4.90 Å². The Morgan fingerprint density at radius 1 is 0.805 bits per heavy atom. The maximum atomic E-state index is 15.4. The van der Waals surface area contributed by atoms with Gasteiger partial charge in [-0.15, -0.1) is 0 Å². The zero-order valence-corrected chi connectivity index (χ0v) is 22.9. The van der Waals surface area contributed by atoms with Gasteiger partial charge in [0.2, 0.25) is 11.6 Å². The van der Waals surface area contributed by atoms with Gasteiger partial charge < -0.3 is 19.3 Å². The highest BCUT2D eigenvalue weighted by atomic mass is 19.2. The molecule has 4 rings (SSSR count). The van der Waals surface area contributed by atoms with Gasteiger partial charge in [-0.1, -0.05) is 19.1 Å². The fourth-order valence-electron chi connectivity index (χ4n) is 5.35. The van der Waals surface area contributed by atoms with E-state index in [0.29, 0.717) is 38.4 Å². The molecule has 1 aliphatic heterocycles. The van der Waals surface area contributed by atoms with Gasteiger partial charge in [0, 0.05) is 17.7 Å². The van der Waals surface area contributed by atoms with Crippen LogP contribution in [0.25, 0.3) is 0 Å². The van der Waals surface area contributed by atoms with Crippen molar-refractivity contribution in [2.45, 2.75) is 38.3 Å². The van der Waals surface area contributed by atoms with Crippen LogP contribution in [0.1, 0.15) is 42.9 Å². The minimum atomic E-state index is -2.85. The summed E-state index contributed by atoms with van der Waals surface area (Å²) in [6.45, 7) is 3.74. The van der Waals surface area contributed by atoms with E-state index in [1.165, 1.54) is 0 Å². The predicted octanol–water partition coefficient (Wildman–Crippen LogP) is 6.48. The number of methoxy groups -OCH3 is 2. The standard InChI is InChI=1S/C30H31F6NO4/c1-4-13-41-19-7-5-17(6-8-19)16-37-11-9-18(10-12-37)30(38,20-14-22(31)28(39-2)26(35)24(20)33)21-15-23(32)29(40-3)27(36)25(21)34/h5-8,14-15,18,38H,4,9-13,16H2,1-3H3. The average Bonchev–Trinajstić information content (AvgIpc) is 2.97. The zero-order chi connectivity index (χ0) is 29.9. The Labute approximate surface area is 234 Å². The molecule has 0 amide bonds. The first kappa shape index (κ1) is 30.5.